The second-order valence-electron chi connectivity index (χ2n) is 8.20. The molecule has 6 nitrogen and oxygen atoms in total. The lowest BCUT2D eigenvalue weighted by molar-refractivity contribution is 0.0922. The van der Waals surface area contributed by atoms with Crippen LogP contribution in [0, 0.1) is 12.7 Å². The van der Waals surface area contributed by atoms with Gasteiger partial charge in [-0.05, 0) is 63.2 Å². The van der Waals surface area contributed by atoms with Crippen molar-refractivity contribution in [3.63, 3.8) is 0 Å². The largest absolute Gasteiger partial charge is 0.496 e. The van der Waals surface area contributed by atoms with E-state index in [-0.39, 0.29) is 22.9 Å². The van der Waals surface area contributed by atoms with Crippen molar-refractivity contribution >= 4 is 17.5 Å². The maximum Gasteiger partial charge on any atom is 0.256 e. The first kappa shape index (κ1) is 23.3. The summed E-state index contributed by atoms with van der Waals surface area (Å²) < 4.78 is 20.4. The average molecular weight is 471 g/mol. The van der Waals surface area contributed by atoms with Crippen molar-refractivity contribution in [2.45, 2.75) is 32.2 Å². The Morgan fingerprint density at radius 1 is 1.15 bits per heavy atom. The number of rotatable bonds is 7. The van der Waals surface area contributed by atoms with E-state index in [1.54, 1.807) is 26.2 Å². The van der Waals surface area contributed by atoms with E-state index in [4.69, 9.17) is 16.3 Å². The van der Waals surface area contributed by atoms with Crippen molar-refractivity contribution in [2.24, 2.45) is 0 Å². The summed E-state index contributed by atoms with van der Waals surface area (Å²) in [4.78, 5) is 15.6. The Hall–Kier alpha value is -2.90. The number of aromatic nitrogens is 2. The summed E-state index contributed by atoms with van der Waals surface area (Å²) in [6, 6.07) is 13.7. The molecule has 1 aliphatic rings. The predicted molar refractivity (Wildman–Crippen MR) is 127 cm³/mol. The van der Waals surface area contributed by atoms with Crippen molar-refractivity contribution in [3.05, 3.63) is 76.3 Å². The van der Waals surface area contributed by atoms with Gasteiger partial charge >= 0.3 is 0 Å². The molecule has 0 spiro atoms. The van der Waals surface area contributed by atoms with Crippen molar-refractivity contribution in [1.29, 1.82) is 0 Å². The van der Waals surface area contributed by atoms with Gasteiger partial charge in [-0.25, -0.2) is 9.07 Å². The molecule has 33 heavy (non-hydrogen) atoms. The third-order valence-electron chi connectivity index (χ3n) is 6.09. The fourth-order valence-corrected chi connectivity index (χ4v) is 4.75. The summed E-state index contributed by atoms with van der Waals surface area (Å²) in [5.74, 6) is 0.167. The lowest BCUT2D eigenvalue weighted by atomic mass is 10.0. The summed E-state index contributed by atoms with van der Waals surface area (Å²) in [6.45, 7) is 4.10. The number of benzene rings is 2. The standard InChI is InChI=1S/C25H28ClFN4O2/c1-17-23(24(26)31(29-17)19-12-10-18(27)11-13-19)25(32)28-16-21(30-14-6-3-7-15-30)20-8-4-5-9-22(20)33-2/h4-5,8-13,21H,3,6-7,14-16H2,1-2H3,(H,28,32)/t21-/m0/s1. The second kappa shape index (κ2) is 10.4. The number of halogens is 2. The molecule has 8 heteroatoms. The zero-order valence-corrected chi connectivity index (χ0v) is 19.6. The molecule has 3 aromatic rings. The Labute approximate surface area is 198 Å². The minimum atomic E-state index is -0.350. The van der Waals surface area contributed by atoms with E-state index >= 15 is 0 Å². The Balaban J connectivity index is 1.57. The molecule has 174 valence electrons. The van der Waals surface area contributed by atoms with Crippen molar-refractivity contribution < 1.29 is 13.9 Å². The molecular weight excluding hydrogens is 443 g/mol. The molecule has 1 aliphatic heterocycles. The molecule has 1 N–H and O–H groups in total. The van der Waals surface area contributed by atoms with Crippen LogP contribution in [-0.4, -0.2) is 47.3 Å². The SMILES string of the molecule is COc1ccccc1[C@H](CNC(=O)c1c(C)nn(-c2ccc(F)cc2)c1Cl)N1CCCCC1. The average Bonchev–Trinajstić information content (AvgIpc) is 3.14. The van der Waals surface area contributed by atoms with E-state index in [1.165, 1.54) is 23.2 Å². The Morgan fingerprint density at radius 3 is 2.55 bits per heavy atom. The van der Waals surface area contributed by atoms with E-state index in [0.717, 1.165) is 37.2 Å². The molecule has 0 unspecified atom stereocenters. The Morgan fingerprint density at radius 2 is 1.85 bits per heavy atom. The fraction of sp³-hybridized carbons (Fsp3) is 0.360. The van der Waals surface area contributed by atoms with Gasteiger partial charge in [-0.1, -0.05) is 36.2 Å². The number of carbonyl (C=O) groups excluding carboxylic acids is 1. The van der Waals surface area contributed by atoms with Crippen LogP contribution in [0.15, 0.2) is 48.5 Å². The highest BCUT2D eigenvalue weighted by atomic mass is 35.5. The van der Waals surface area contributed by atoms with Gasteiger partial charge in [-0.3, -0.25) is 9.69 Å². The molecule has 2 heterocycles. The number of amides is 1. The zero-order valence-electron chi connectivity index (χ0n) is 18.9. The molecule has 1 fully saturated rings. The first-order chi connectivity index (χ1) is 16.0. The van der Waals surface area contributed by atoms with Crippen LogP contribution in [0.3, 0.4) is 0 Å². The van der Waals surface area contributed by atoms with Crippen LogP contribution in [0.25, 0.3) is 5.69 Å². The van der Waals surface area contributed by atoms with Crippen LogP contribution in [0.1, 0.15) is 46.9 Å². The van der Waals surface area contributed by atoms with Gasteiger partial charge in [0.05, 0.1) is 30.1 Å². The summed E-state index contributed by atoms with van der Waals surface area (Å²) in [6.07, 6.45) is 3.49. The normalized spacial score (nSPS) is 15.3. The predicted octanol–water partition coefficient (Wildman–Crippen LogP) is 4.94. The van der Waals surface area contributed by atoms with Crippen LogP contribution in [0.5, 0.6) is 5.75 Å². The van der Waals surface area contributed by atoms with Gasteiger partial charge in [0.15, 0.2) is 0 Å². The van der Waals surface area contributed by atoms with Gasteiger partial charge in [0.25, 0.3) is 5.91 Å². The monoisotopic (exact) mass is 470 g/mol. The van der Waals surface area contributed by atoms with E-state index in [2.05, 4.69) is 21.4 Å². The van der Waals surface area contributed by atoms with Crippen molar-refractivity contribution in [1.82, 2.24) is 20.0 Å². The smallest absolute Gasteiger partial charge is 0.256 e. The van der Waals surface area contributed by atoms with E-state index in [9.17, 15) is 9.18 Å². The topological polar surface area (TPSA) is 59.4 Å². The molecule has 1 aromatic heterocycles. The molecule has 0 bridgehead atoms. The number of ether oxygens (including phenoxy) is 1. The van der Waals surface area contributed by atoms with Crippen LogP contribution in [-0.2, 0) is 0 Å². The molecular formula is C25H28ClFN4O2. The molecule has 4 rings (SSSR count). The fourth-order valence-electron chi connectivity index (χ4n) is 4.40. The maximum atomic E-state index is 13.3. The van der Waals surface area contributed by atoms with Crippen molar-refractivity contribution in [2.75, 3.05) is 26.7 Å². The Kier molecular flexibility index (Phi) is 7.30. The molecule has 1 atom stereocenters. The maximum absolute atomic E-state index is 13.3. The van der Waals surface area contributed by atoms with Gasteiger partial charge in [-0.2, -0.15) is 5.10 Å². The highest BCUT2D eigenvalue weighted by molar-refractivity contribution is 6.33. The van der Waals surface area contributed by atoms with E-state index in [0.29, 0.717) is 23.5 Å². The molecule has 0 radical (unpaired) electrons. The number of carbonyl (C=O) groups is 1. The summed E-state index contributed by atoms with van der Waals surface area (Å²) in [7, 11) is 1.66. The highest BCUT2D eigenvalue weighted by Gasteiger charge is 2.27. The molecule has 2 aromatic carbocycles. The second-order valence-corrected chi connectivity index (χ2v) is 8.56. The zero-order chi connectivity index (χ0) is 23.4. The quantitative estimate of drug-likeness (QED) is 0.531. The number of nitrogens with one attached hydrogen (secondary N) is 1. The molecule has 1 amide bonds. The lowest BCUT2D eigenvalue weighted by Gasteiger charge is -2.35. The van der Waals surface area contributed by atoms with Gasteiger partial charge in [-0.15, -0.1) is 0 Å². The van der Waals surface area contributed by atoms with Crippen molar-refractivity contribution in [3.8, 4) is 11.4 Å². The Bertz CT molecular complexity index is 1110. The molecule has 1 saturated heterocycles. The molecule has 0 saturated carbocycles. The first-order valence-corrected chi connectivity index (χ1v) is 11.5. The van der Waals surface area contributed by atoms with Crippen LogP contribution < -0.4 is 10.1 Å². The van der Waals surface area contributed by atoms with Gasteiger partial charge in [0.2, 0.25) is 0 Å². The first-order valence-electron chi connectivity index (χ1n) is 11.2. The van der Waals surface area contributed by atoms with Crippen LogP contribution in [0.2, 0.25) is 5.15 Å². The number of para-hydroxylation sites is 1. The number of methoxy groups -OCH3 is 1. The third-order valence-corrected chi connectivity index (χ3v) is 6.44. The number of piperidine rings is 1. The van der Waals surface area contributed by atoms with Gasteiger partial charge in [0.1, 0.15) is 16.7 Å². The lowest BCUT2D eigenvalue weighted by Crippen LogP contribution is -2.41. The van der Waals surface area contributed by atoms with Gasteiger partial charge < -0.3 is 10.1 Å². The summed E-state index contributed by atoms with van der Waals surface area (Å²) >= 11 is 6.54. The van der Waals surface area contributed by atoms with E-state index < -0.39 is 0 Å². The minimum absolute atomic E-state index is 0.0170. The summed E-state index contributed by atoms with van der Waals surface area (Å²) in [5.41, 5.74) is 2.46. The minimum Gasteiger partial charge on any atom is -0.496 e. The number of likely N-dealkylation sites (tertiary alicyclic amines) is 1. The summed E-state index contributed by atoms with van der Waals surface area (Å²) in [5, 5.41) is 7.67. The third kappa shape index (κ3) is 5.04. The van der Waals surface area contributed by atoms with Crippen LogP contribution >= 0.6 is 11.6 Å². The van der Waals surface area contributed by atoms with E-state index in [1.807, 2.05) is 18.2 Å². The van der Waals surface area contributed by atoms with Gasteiger partial charge in [0, 0.05) is 12.1 Å². The number of hydrogen-bond acceptors (Lipinski definition) is 4. The highest BCUT2D eigenvalue weighted by Crippen LogP contribution is 2.31. The molecule has 0 aliphatic carbocycles. The number of hydrogen-bond donors (Lipinski definition) is 1. The number of nitrogens with zero attached hydrogens (tertiary/aromatic N) is 3. The van der Waals surface area contributed by atoms with Crippen LogP contribution in [0.4, 0.5) is 4.39 Å². The number of aryl methyl sites for hydroxylation is 1.